The maximum Gasteiger partial charge on any atom is 0.416 e. The molecule has 4 nitrogen and oxygen atoms in total. The van der Waals surface area contributed by atoms with E-state index >= 15 is 0 Å². The van der Waals surface area contributed by atoms with Gasteiger partial charge in [0.05, 0.1) is 11.1 Å². The van der Waals surface area contributed by atoms with Gasteiger partial charge in [-0.2, -0.15) is 13.2 Å². The molecule has 2 aromatic rings. The molecule has 0 saturated heterocycles. The molecule has 0 bridgehead atoms. The van der Waals surface area contributed by atoms with Gasteiger partial charge in [0, 0.05) is 4.90 Å². The van der Waals surface area contributed by atoms with Gasteiger partial charge in [-0.25, -0.2) is 4.79 Å². The van der Waals surface area contributed by atoms with E-state index in [2.05, 4.69) is 10.2 Å². The van der Waals surface area contributed by atoms with E-state index in [1.165, 1.54) is 23.1 Å². The number of halogens is 3. The fraction of sp³-hybridized carbons (Fsp3) is 0.182. The zero-order chi connectivity index (χ0) is 15.6. The molecule has 0 atom stereocenters. The molecule has 0 amide bonds. The van der Waals surface area contributed by atoms with Crippen molar-refractivity contribution in [1.82, 2.24) is 10.2 Å². The fourth-order valence-electron chi connectivity index (χ4n) is 1.38. The molecule has 0 aliphatic carbocycles. The molecule has 0 radical (unpaired) electrons. The third kappa shape index (κ3) is 3.89. The zero-order valence-corrected chi connectivity index (χ0v) is 12.8. The molecule has 21 heavy (non-hydrogen) atoms. The van der Waals surface area contributed by atoms with Crippen LogP contribution in [-0.2, 0) is 6.18 Å². The number of hydrogen-bond acceptors (Lipinski definition) is 6. The van der Waals surface area contributed by atoms with E-state index in [1.807, 2.05) is 6.26 Å². The van der Waals surface area contributed by atoms with Gasteiger partial charge >= 0.3 is 12.1 Å². The number of carbonyl (C=O) groups is 1. The van der Waals surface area contributed by atoms with Crippen molar-refractivity contribution >= 4 is 40.8 Å². The minimum absolute atomic E-state index is 0.194. The number of thioether (sulfide) groups is 1. The van der Waals surface area contributed by atoms with Gasteiger partial charge in [0.15, 0.2) is 8.68 Å². The maximum absolute atomic E-state index is 12.6. The number of aromatic carboxylic acids is 1. The van der Waals surface area contributed by atoms with E-state index in [0.717, 1.165) is 23.9 Å². The predicted molar refractivity (Wildman–Crippen MR) is 74.2 cm³/mol. The fourth-order valence-corrected chi connectivity index (χ4v) is 3.88. The maximum atomic E-state index is 12.6. The zero-order valence-electron chi connectivity index (χ0n) is 10.3. The summed E-state index contributed by atoms with van der Waals surface area (Å²) in [6.45, 7) is 0. The van der Waals surface area contributed by atoms with Crippen LogP contribution in [0.15, 0.2) is 31.8 Å². The van der Waals surface area contributed by atoms with Crippen molar-refractivity contribution in [2.75, 3.05) is 6.26 Å². The number of benzene rings is 1. The Morgan fingerprint density at radius 2 is 1.95 bits per heavy atom. The van der Waals surface area contributed by atoms with Crippen LogP contribution >= 0.6 is 34.9 Å². The smallest absolute Gasteiger partial charge is 0.416 e. The molecular formula is C11H7F3N2O2S3. The van der Waals surface area contributed by atoms with Crippen molar-refractivity contribution in [1.29, 1.82) is 0 Å². The van der Waals surface area contributed by atoms with Crippen LogP contribution in [0.25, 0.3) is 0 Å². The van der Waals surface area contributed by atoms with Gasteiger partial charge in [-0.05, 0) is 24.5 Å². The summed E-state index contributed by atoms with van der Waals surface area (Å²) in [6, 6.07) is 2.61. The molecule has 0 fully saturated rings. The highest BCUT2D eigenvalue weighted by atomic mass is 32.2. The number of alkyl halides is 3. The lowest BCUT2D eigenvalue weighted by Gasteiger charge is -2.09. The number of nitrogens with zero attached hydrogens (tertiary/aromatic N) is 2. The summed E-state index contributed by atoms with van der Waals surface area (Å²) < 4.78 is 39.0. The van der Waals surface area contributed by atoms with Crippen LogP contribution in [-0.4, -0.2) is 27.5 Å². The second-order valence-corrected chi connectivity index (χ2v) is 6.97. The topological polar surface area (TPSA) is 63.1 Å². The van der Waals surface area contributed by atoms with Gasteiger partial charge in [0.25, 0.3) is 0 Å². The molecule has 1 aromatic heterocycles. The molecule has 1 aromatic carbocycles. The standard InChI is InChI=1S/C11H7F3N2O2S3/c1-19-9-15-16-10(21-9)20-7-3-2-5(11(12,13)14)4-6(7)8(17)18/h2-4H,1H3,(H,17,18). The molecule has 1 N–H and O–H groups in total. The van der Waals surface area contributed by atoms with E-state index in [1.54, 1.807) is 0 Å². The molecule has 0 unspecified atom stereocenters. The lowest BCUT2D eigenvalue weighted by atomic mass is 10.1. The summed E-state index contributed by atoms with van der Waals surface area (Å²) in [5.41, 5.74) is -1.40. The van der Waals surface area contributed by atoms with Crippen molar-refractivity contribution in [3.8, 4) is 0 Å². The van der Waals surface area contributed by atoms with Crippen molar-refractivity contribution < 1.29 is 23.1 Å². The van der Waals surface area contributed by atoms with Gasteiger partial charge < -0.3 is 5.11 Å². The van der Waals surface area contributed by atoms with Gasteiger partial charge in [-0.3, -0.25) is 0 Å². The Kier molecular flexibility index (Phi) is 4.79. The Hall–Kier alpha value is -1.26. The molecule has 2 rings (SSSR count). The first kappa shape index (κ1) is 16.1. The van der Waals surface area contributed by atoms with Crippen LogP contribution in [0.1, 0.15) is 15.9 Å². The largest absolute Gasteiger partial charge is 0.478 e. The molecule has 0 aliphatic rings. The summed E-state index contributed by atoms with van der Waals surface area (Å²) in [7, 11) is 0. The third-order valence-corrected chi connectivity index (χ3v) is 5.32. The monoisotopic (exact) mass is 352 g/mol. The molecule has 0 aliphatic heterocycles. The van der Waals surface area contributed by atoms with Crippen molar-refractivity contribution in [2.45, 2.75) is 19.8 Å². The first-order chi connectivity index (χ1) is 9.81. The molecule has 0 saturated carbocycles. The highest BCUT2D eigenvalue weighted by molar-refractivity contribution is 8.03. The van der Waals surface area contributed by atoms with Crippen molar-refractivity contribution in [2.24, 2.45) is 0 Å². The number of carboxylic acids is 1. The summed E-state index contributed by atoms with van der Waals surface area (Å²) in [4.78, 5) is 11.3. The minimum Gasteiger partial charge on any atom is -0.478 e. The Morgan fingerprint density at radius 1 is 1.29 bits per heavy atom. The minimum atomic E-state index is -4.58. The summed E-state index contributed by atoms with van der Waals surface area (Å²) in [5.74, 6) is -1.42. The van der Waals surface area contributed by atoms with E-state index in [4.69, 9.17) is 5.11 Å². The highest BCUT2D eigenvalue weighted by Crippen LogP contribution is 2.37. The SMILES string of the molecule is CSc1nnc(Sc2ccc(C(F)(F)F)cc2C(=O)O)s1. The number of aromatic nitrogens is 2. The highest BCUT2D eigenvalue weighted by Gasteiger charge is 2.32. The normalized spacial score (nSPS) is 11.6. The predicted octanol–water partition coefficient (Wildman–Crippen LogP) is 4.13. The van der Waals surface area contributed by atoms with Gasteiger partial charge in [-0.1, -0.05) is 34.9 Å². The summed E-state index contributed by atoms with van der Waals surface area (Å²) >= 11 is 3.61. The Balaban J connectivity index is 2.36. The second-order valence-electron chi connectivity index (χ2n) is 3.65. The van der Waals surface area contributed by atoms with E-state index in [-0.39, 0.29) is 4.90 Å². The Bertz CT molecular complexity index is 673. The molecular weight excluding hydrogens is 345 g/mol. The number of carboxylic acid groups (broad SMARTS) is 1. The van der Waals surface area contributed by atoms with Crippen LogP contribution in [0.2, 0.25) is 0 Å². The Labute approximate surface area is 129 Å². The third-order valence-electron chi connectivity index (χ3n) is 2.30. The van der Waals surface area contributed by atoms with E-state index in [0.29, 0.717) is 14.7 Å². The van der Waals surface area contributed by atoms with E-state index < -0.39 is 23.3 Å². The molecule has 10 heteroatoms. The lowest BCUT2D eigenvalue weighted by molar-refractivity contribution is -0.137. The van der Waals surface area contributed by atoms with Crippen LogP contribution in [0.3, 0.4) is 0 Å². The van der Waals surface area contributed by atoms with Crippen LogP contribution < -0.4 is 0 Å². The first-order valence-corrected chi connectivity index (χ1v) is 8.17. The van der Waals surface area contributed by atoms with Crippen LogP contribution in [0.4, 0.5) is 13.2 Å². The van der Waals surface area contributed by atoms with Gasteiger partial charge in [0.1, 0.15) is 0 Å². The van der Waals surface area contributed by atoms with Gasteiger partial charge in [-0.15, -0.1) is 10.2 Å². The quantitative estimate of drug-likeness (QED) is 0.835. The van der Waals surface area contributed by atoms with Crippen LogP contribution in [0.5, 0.6) is 0 Å². The first-order valence-electron chi connectivity index (χ1n) is 5.31. The second kappa shape index (κ2) is 6.24. The molecule has 0 spiro atoms. The summed E-state index contributed by atoms with van der Waals surface area (Å²) in [6.07, 6.45) is -2.77. The van der Waals surface area contributed by atoms with Crippen molar-refractivity contribution in [3.05, 3.63) is 29.3 Å². The molecule has 112 valence electrons. The van der Waals surface area contributed by atoms with E-state index in [9.17, 15) is 18.0 Å². The molecule has 1 heterocycles. The Morgan fingerprint density at radius 3 is 2.48 bits per heavy atom. The average molecular weight is 352 g/mol. The lowest BCUT2D eigenvalue weighted by Crippen LogP contribution is -2.08. The van der Waals surface area contributed by atoms with Gasteiger partial charge in [0.2, 0.25) is 0 Å². The van der Waals surface area contributed by atoms with Crippen LogP contribution in [0, 0.1) is 0 Å². The number of rotatable bonds is 4. The summed E-state index contributed by atoms with van der Waals surface area (Å²) in [5, 5.41) is 16.8. The van der Waals surface area contributed by atoms with Crippen molar-refractivity contribution in [3.63, 3.8) is 0 Å². The number of hydrogen-bond donors (Lipinski definition) is 1. The average Bonchev–Trinajstić information content (AvgIpc) is 2.85.